The highest BCUT2D eigenvalue weighted by Crippen LogP contribution is 2.34. The molecule has 0 aliphatic carbocycles. The number of morpholine rings is 1. The average molecular weight is 467 g/mol. The van der Waals surface area contributed by atoms with Crippen LogP contribution in [0.5, 0.6) is 0 Å². The molecule has 0 amide bonds. The first kappa shape index (κ1) is 23.5. The summed E-state index contributed by atoms with van der Waals surface area (Å²) in [6.07, 6.45) is 4.16. The number of ether oxygens (including phenoxy) is 2. The Labute approximate surface area is 203 Å². The maximum Gasteiger partial charge on any atom is 0.161 e. The van der Waals surface area contributed by atoms with E-state index in [4.69, 9.17) is 19.4 Å². The number of aromatic nitrogens is 2. The van der Waals surface area contributed by atoms with Crippen molar-refractivity contribution in [3.8, 4) is 11.4 Å². The Morgan fingerprint density at radius 3 is 2.56 bits per heavy atom. The van der Waals surface area contributed by atoms with Crippen molar-refractivity contribution in [1.82, 2.24) is 19.8 Å². The van der Waals surface area contributed by atoms with Gasteiger partial charge < -0.3 is 29.1 Å². The molecule has 34 heavy (non-hydrogen) atoms. The standard InChI is InChI=1S/C26H38N6O2/c1-29-9-11-31(12-10-29)22-6-4-20(5-7-22)25-27-17-21-16-23(8-14-33-3)32(26(21)28-25)19-24-18-30(2)13-15-34-24/h4-7,17,23-24H,8-16,18-19H2,1-3H3/t23?,24-/m1/s1. The molecule has 0 spiro atoms. The van der Waals surface area contributed by atoms with Crippen LogP contribution < -0.4 is 9.80 Å². The monoisotopic (exact) mass is 466 g/mol. The summed E-state index contributed by atoms with van der Waals surface area (Å²) in [6.45, 7) is 8.69. The van der Waals surface area contributed by atoms with Crippen molar-refractivity contribution in [3.63, 3.8) is 0 Å². The molecule has 1 aromatic carbocycles. The fraction of sp³-hybridized carbons (Fsp3) is 0.615. The fourth-order valence-corrected chi connectivity index (χ4v) is 5.30. The number of anilines is 2. The average Bonchev–Trinajstić information content (AvgIpc) is 3.20. The maximum absolute atomic E-state index is 6.10. The van der Waals surface area contributed by atoms with Gasteiger partial charge in [-0.15, -0.1) is 0 Å². The molecular weight excluding hydrogens is 428 g/mol. The summed E-state index contributed by atoms with van der Waals surface area (Å²) < 4.78 is 11.5. The topological polar surface area (TPSA) is 57.2 Å². The van der Waals surface area contributed by atoms with Gasteiger partial charge in [-0.05, 0) is 51.2 Å². The van der Waals surface area contributed by atoms with Gasteiger partial charge in [0, 0.05) is 88.6 Å². The third kappa shape index (κ3) is 5.20. The maximum atomic E-state index is 6.10. The van der Waals surface area contributed by atoms with Gasteiger partial charge in [0.05, 0.1) is 12.7 Å². The van der Waals surface area contributed by atoms with E-state index in [1.807, 2.05) is 6.20 Å². The van der Waals surface area contributed by atoms with E-state index in [1.54, 1.807) is 7.11 Å². The molecule has 8 nitrogen and oxygen atoms in total. The molecule has 184 valence electrons. The Morgan fingerprint density at radius 2 is 1.82 bits per heavy atom. The highest BCUT2D eigenvalue weighted by molar-refractivity contribution is 5.64. The van der Waals surface area contributed by atoms with Crippen LogP contribution >= 0.6 is 0 Å². The molecule has 0 N–H and O–H groups in total. The second kappa shape index (κ2) is 10.6. The highest BCUT2D eigenvalue weighted by Gasteiger charge is 2.34. The van der Waals surface area contributed by atoms with E-state index in [-0.39, 0.29) is 6.10 Å². The Kier molecular flexibility index (Phi) is 7.29. The number of likely N-dealkylation sites (N-methyl/N-ethyl adjacent to an activating group) is 2. The molecule has 2 saturated heterocycles. The van der Waals surface area contributed by atoms with Gasteiger partial charge in [-0.25, -0.2) is 9.97 Å². The smallest absolute Gasteiger partial charge is 0.161 e. The predicted octanol–water partition coefficient (Wildman–Crippen LogP) is 1.99. The molecule has 2 atom stereocenters. The summed E-state index contributed by atoms with van der Waals surface area (Å²) in [7, 11) is 6.13. The van der Waals surface area contributed by atoms with E-state index in [1.165, 1.54) is 11.3 Å². The second-order valence-electron chi connectivity index (χ2n) is 9.93. The molecule has 0 radical (unpaired) electrons. The van der Waals surface area contributed by atoms with E-state index in [2.05, 4.69) is 58.0 Å². The van der Waals surface area contributed by atoms with Gasteiger partial charge in [0.2, 0.25) is 0 Å². The number of fused-ring (bicyclic) bond motifs is 1. The van der Waals surface area contributed by atoms with Crippen LogP contribution in [-0.4, -0.2) is 112 Å². The van der Waals surface area contributed by atoms with E-state index in [9.17, 15) is 0 Å². The number of hydrogen-bond acceptors (Lipinski definition) is 8. The first-order chi connectivity index (χ1) is 16.6. The molecule has 3 aliphatic heterocycles. The summed E-state index contributed by atoms with van der Waals surface area (Å²) in [6, 6.07) is 9.12. The van der Waals surface area contributed by atoms with Crippen LogP contribution in [0.25, 0.3) is 11.4 Å². The van der Waals surface area contributed by atoms with E-state index < -0.39 is 0 Å². The molecule has 2 fully saturated rings. The lowest BCUT2D eigenvalue weighted by Gasteiger charge is -2.35. The Bertz CT molecular complexity index is 947. The molecule has 0 bridgehead atoms. The van der Waals surface area contributed by atoms with Gasteiger partial charge in [-0.1, -0.05) is 0 Å². The molecule has 2 aromatic rings. The molecule has 1 unspecified atom stereocenters. The first-order valence-electron chi connectivity index (χ1n) is 12.6. The lowest BCUT2D eigenvalue weighted by Crippen LogP contribution is -2.48. The third-order valence-electron chi connectivity index (χ3n) is 7.40. The van der Waals surface area contributed by atoms with Crippen LogP contribution in [-0.2, 0) is 15.9 Å². The molecular formula is C26H38N6O2. The zero-order chi connectivity index (χ0) is 23.5. The molecule has 3 aliphatic rings. The van der Waals surface area contributed by atoms with Crippen molar-refractivity contribution in [2.75, 3.05) is 90.0 Å². The molecule has 8 heteroatoms. The van der Waals surface area contributed by atoms with E-state index in [0.717, 1.165) is 89.1 Å². The van der Waals surface area contributed by atoms with Gasteiger partial charge in [0.25, 0.3) is 0 Å². The van der Waals surface area contributed by atoms with Crippen molar-refractivity contribution >= 4 is 11.5 Å². The Balaban J connectivity index is 1.35. The van der Waals surface area contributed by atoms with Crippen LogP contribution in [0, 0.1) is 0 Å². The van der Waals surface area contributed by atoms with Crippen molar-refractivity contribution in [2.24, 2.45) is 0 Å². The summed E-state index contributed by atoms with van der Waals surface area (Å²) >= 11 is 0. The number of benzene rings is 1. The van der Waals surface area contributed by atoms with Crippen LogP contribution in [0.3, 0.4) is 0 Å². The van der Waals surface area contributed by atoms with Crippen molar-refractivity contribution in [2.45, 2.75) is 25.0 Å². The lowest BCUT2D eigenvalue weighted by molar-refractivity contribution is -0.0156. The normalized spacial score (nSPS) is 24.0. The summed E-state index contributed by atoms with van der Waals surface area (Å²) in [4.78, 5) is 19.5. The number of piperazine rings is 1. The van der Waals surface area contributed by atoms with Crippen molar-refractivity contribution in [1.29, 1.82) is 0 Å². The van der Waals surface area contributed by atoms with Crippen LogP contribution in [0.2, 0.25) is 0 Å². The van der Waals surface area contributed by atoms with E-state index in [0.29, 0.717) is 6.04 Å². The molecule has 4 heterocycles. The summed E-state index contributed by atoms with van der Waals surface area (Å²) in [5.41, 5.74) is 3.57. The molecule has 0 saturated carbocycles. The Morgan fingerprint density at radius 1 is 1.03 bits per heavy atom. The third-order valence-corrected chi connectivity index (χ3v) is 7.40. The van der Waals surface area contributed by atoms with Crippen LogP contribution in [0.1, 0.15) is 12.0 Å². The number of hydrogen-bond donors (Lipinski definition) is 0. The first-order valence-corrected chi connectivity index (χ1v) is 12.6. The predicted molar refractivity (Wildman–Crippen MR) is 136 cm³/mol. The second-order valence-corrected chi connectivity index (χ2v) is 9.93. The van der Waals surface area contributed by atoms with Crippen LogP contribution in [0.15, 0.2) is 30.5 Å². The minimum Gasteiger partial charge on any atom is -0.385 e. The minimum atomic E-state index is 0.191. The zero-order valence-corrected chi connectivity index (χ0v) is 20.8. The quantitative estimate of drug-likeness (QED) is 0.614. The van der Waals surface area contributed by atoms with Crippen molar-refractivity contribution in [3.05, 3.63) is 36.0 Å². The van der Waals surface area contributed by atoms with Gasteiger partial charge >= 0.3 is 0 Å². The van der Waals surface area contributed by atoms with Crippen LogP contribution in [0.4, 0.5) is 11.5 Å². The largest absolute Gasteiger partial charge is 0.385 e. The number of nitrogens with zero attached hydrogens (tertiary/aromatic N) is 6. The van der Waals surface area contributed by atoms with Gasteiger partial charge in [-0.2, -0.15) is 0 Å². The summed E-state index contributed by atoms with van der Waals surface area (Å²) in [5.74, 6) is 1.86. The van der Waals surface area contributed by atoms with Gasteiger partial charge in [0.15, 0.2) is 5.82 Å². The molecule has 5 rings (SSSR count). The number of methoxy groups -OCH3 is 1. The van der Waals surface area contributed by atoms with Crippen molar-refractivity contribution < 1.29 is 9.47 Å². The summed E-state index contributed by atoms with van der Waals surface area (Å²) in [5, 5.41) is 0. The Hall–Kier alpha value is -2.26. The lowest BCUT2D eigenvalue weighted by atomic mass is 10.1. The van der Waals surface area contributed by atoms with E-state index >= 15 is 0 Å². The minimum absolute atomic E-state index is 0.191. The molecule has 1 aromatic heterocycles. The fourth-order valence-electron chi connectivity index (χ4n) is 5.30. The number of rotatable bonds is 7. The van der Waals surface area contributed by atoms with Gasteiger partial charge in [-0.3, -0.25) is 0 Å². The zero-order valence-electron chi connectivity index (χ0n) is 20.8. The van der Waals surface area contributed by atoms with Gasteiger partial charge in [0.1, 0.15) is 5.82 Å². The highest BCUT2D eigenvalue weighted by atomic mass is 16.5. The SMILES string of the molecule is COCCC1Cc2cnc(-c3ccc(N4CCN(C)CC4)cc3)nc2N1C[C@H]1CN(C)CCO1.